The minimum absolute atomic E-state index is 0.211. The van der Waals surface area contributed by atoms with Crippen molar-refractivity contribution < 1.29 is 26.4 Å². The van der Waals surface area contributed by atoms with E-state index in [-0.39, 0.29) is 6.42 Å². The molecule has 136 valence electrons. The third-order valence-corrected chi connectivity index (χ3v) is 4.47. The van der Waals surface area contributed by atoms with Gasteiger partial charge in [0, 0.05) is 6.42 Å². The van der Waals surface area contributed by atoms with Gasteiger partial charge in [-0.2, -0.15) is 21.6 Å². The molecule has 0 fully saturated rings. The molecule has 0 aromatic carbocycles. The summed E-state index contributed by atoms with van der Waals surface area (Å²) in [6.45, 7) is 3.66. The van der Waals surface area contributed by atoms with Crippen LogP contribution >= 0.6 is 0 Å². The number of hydrogen-bond acceptors (Lipinski definition) is 3. The normalized spacial score (nSPS) is 12.1. The van der Waals surface area contributed by atoms with Crippen LogP contribution in [-0.4, -0.2) is 19.8 Å². The standard InChI is InChI=1S/C15H26F3NO3S/c1-2-3-4-5-6-7-8-9-10-11-12-13-14(20)19-23(21,22)15(16,17)18/h2H,1,3-13H2,(H,19,20). The van der Waals surface area contributed by atoms with Crippen LogP contribution in [0.3, 0.4) is 0 Å². The molecule has 0 aliphatic rings. The maximum Gasteiger partial charge on any atom is 0.516 e. The number of hydrogen-bond donors (Lipinski definition) is 1. The molecule has 23 heavy (non-hydrogen) atoms. The molecule has 8 heteroatoms. The third kappa shape index (κ3) is 11.2. The van der Waals surface area contributed by atoms with Crippen LogP contribution < -0.4 is 4.72 Å². The highest BCUT2D eigenvalue weighted by Gasteiger charge is 2.46. The van der Waals surface area contributed by atoms with Crippen molar-refractivity contribution in [1.82, 2.24) is 4.72 Å². The van der Waals surface area contributed by atoms with Gasteiger partial charge in [-0.25, -0.2) is 4.72 Å². The Kier molecular flexibility index (Phi) is 11.0. The molecule has 0 saturated heterocycles. The zero-order chi connectivity index (χ0) is 17.8. The van der Waals surface area contributed by atoms with Gasteiger partial charge in [-0.3, -0.25) is 4.79 Å². The van der Waals surface area contributed by atoms with Gasteiger partial charge in [0.2, 0.25) is 5.91 Å². The Bertz CT molecular complexity index is 447. The Labute approximate surface area is 136 Å². The average molecular weight is 357 g/mol. The minimum atomic E-state index is -5.57. The van der Waals surface area contributed by atoms with Crippen molar-refractivity contribution >= 4 is 15.9 Å². The van der Waals surface area contributed by atoms with Crippen LogP contribution in [0.2, 0.25) is 0 Å². The summed E-state index contributed by atoms with van der Waals surface area (Å²) in [7, 11) is -5.57. The van der Waals surface area contributed by atoms with Crippen molar-refractivity contribution in [3.8, 4) is 0 Å². The molecule has 0 aliphatic carbocycles. The molecule has 0 radical (unpaired) electrons. The number of carbonyl (C=O) groups is 1. The van der Waals surface area contributed by atoms with Crippen molar-refractivity contribution in [3.05, 3.63) is 12.7 Å². The van der Waals surface area contributed by atoms with Crippen molar-refractivity contribution in [3.63, 3.8) is 0 Å². The zero-order valence-electron chi connectivity index (χ0n) is 13.3. The van der Waals surface area contributed by atoms with Crippen LogP contribution in [0.4, 0.5) is 13.2 Å². The van der Waals surface area contributed by atoms with Gasteiger partial charge in [0.1, 0.15) is 0 Å². The van der Waals surface area contributed by atoms with Gasteiger partial charge in [-0.1, -0.05) is 51.0 Å². The van der Waals surface area contributed by atoms with Gasteiger partial charge in [-0.05, 0) is 19.3 Å². The molecular formula is C15H26F3NO3S. The van der Waals surface area contributed by atoms with Crippen molar-refractivity contribution in [1.29, 1.82) is 0 Å². The smallest absolute Gasteiger partial charge is 0.274 e. The lowest BCUT2D eigenvalue weighted by Crippen LogP contribution is -2.40. The lowest BCUT2D eigenvalue weighted by atomic mass is 10.1. The Hall–Kier alpha value is -1.05. The summed E-state index contributed by atoms with van der Waals surface area (Å²) in [6, 6.07) is 0. The lowest BCUT2D eigenvalue weighted by molar-refractivity contribution is -0.120. The molecule has 1 N–H and O–H groups in total. The first-order valence-electron chi connectivity index (χ1n) is 7.93. The SMILES string of the molecule is C=CCCCCCCCCCCCC(=O)NS(=O)(=O)C(F)(F)F. The summed E-state index contributed by atoms with van der Waals surface area (Å²) in [6.07, 6.45) is 11.6. The molecule has 4 nitrogen and oxygen atoms in total. The largest absolute Gasteiger partial charge is 0.516 e. The molecule has 1 amide bonds. The van der Waals surface area contributed by atoms with E-state index in [9.17, 15) is 26.4 Å². The maximum absolute atomic E-state index is 12.0. The van der Waals surface area contributed by atoms with Crippen molar-refractivity contribution in [2.45, 2.75) is 76.1 Å². The van der Waals surface area contributed by atoms with E-state index < -0.39 is 21.4 Å². The third-order valence-electron chi connectivity index (χ3n) is 3.36. The quantitative estimate of drug-likeness (QED) is 0.392. The number of nitrogens with one attached hydrogen (secondary N) is 1. The molecule has 0 aliphatic heterocycles. The molecule has 0 aromatic heterocycles. The first-order chi connectivity index (χ1) is 10.7. The van der Waals surface area contributed by atoms with E-state index in [0.29, 0.717) is 12.8 Å². The first kappa shape index (κ1) is 21.9. The summed E-state index contributed by atoms with van der Waals surface area (Å²) >= 11 is 0. The molecule has 0 rings (SSSR count). The average Bonchev–Trinajstić information content (AvgIpc) is 2.43. The lowest BCUT2D eigenvalue weighted by Gasteiger charge is -2.09. The molecule has 0 saturated carbocycles. The van der Waals surface area contributed by atoms with Gasteiger partial charge in [-0.15, -0.1) is 6.58 Å². The summed E-state index contributed by atoms with van der Waals surface area (Å²) in [5, 5.41) is 0. The topological polar surface area (TPSA) is 63.2 Å². The first-order valence-corrected chi connectivity index (χ1v) is 9.42. The van der Waals surface area contributed by atoms with Crippen LogP contribution in [0.5, 0.6) is 0 Å². The predicted octanol–water partition coefficient (Wildman–Crippen LogP) is 4.43. The van der Waals surface area contributed by atoms with Crippen LogP contribution in [0.25, 0.3) is 0 Å². The summed E-state index contributed by atoms with van der Waals surface area (Å²) in [5.74, 6) is -1.11. The number of unbranched alkanes of at least 4 members (excludes halogenated alkanes) is 9. The number of amides is 1. The number of sulfonamides is 1. The fraction of sp³-hybridized carbons (Fsp3) is 0.800. The monoisotopic (exact) mass is 357 g/mol. The van der Waals surface area contributed by atoms with Crippen LogP contribution in [-0.2, 0) is 14.8 Å². The van der Waals surface area contributed by atoms with E-state index in [1.54, 1.807) is 0 Å². The van der Waals surface area contributed by atoms with Gasteiger partial charge in [0.15, 0.2) is 0 Å². The number of halogens is 3. The Balaban J connectivity index is 3.55. The Morgan fingerprint density at radius 3 is 1.78 bits per heavy atom. The Morgan fingerprint density at radius 1 is 0.913 bits per heavy atom. The van der Waals surface area contributed by atoms with Gasteiger partial charge >= 0.3 is 15.5 Å². The van der Waals surface area contributed by atoms with E-state index >= 15 is 0 Å². The van der Waals surface area contributed by atoms with Crippen LogP contribution in [0.1, 0.15) is 70.6 Å². The van der Waals surface area contributed by atoms with E-state index in [1.807, 2.05) is 6.08 Å². The number of rotatable bonds is 13. The number of alkyl halides is 3. The Morgan fingerprint density at radius 2 is 1.35 bits per heavy atom. The summed E-state index contributed by atoms with van der Waals surface area (Å²) in [4.78, 5) is 11.2. The zero-order valence-corrected chi connectivity index (χ0v) is 14.1. The second-order valence-corrected chi connectivity index (χ2v) is 7.16. The van der Waals surface area contributed by atoms with Crippen LogP contribution in [0.15, 0.2) is 12.7 Å². The van der Waals surface area contributed by atoms with E-state index in [0.717, 1.165) is 36.8 Å². The molecule has 0 bridgehead atoms. The summed E-state index contributed by atoms with van der Waals surface area (Å²) in [5.41, 5.74) is -5.45. The minimum Gasteiger partial charge on any atom is -0.274 e. The molecule has 0 heterocycles. The predicted molar refractivity (Wildman–Crippen MR) is 84.1 cm³/mol. The number of allylic oxidation sites excluding steroid dienone is 1. The highest BCUT2D eigenvalue weighted by atomic mass is 32.2. The van der Waals surface area contributed by atoms with Crippen molar-refractivity contribution in [2.24, 2.45) is 0 Å². The van der Waals surface area contributed by atoms with E-state index in [4.69, 9.17) is 0 Å². The van der Waals surface area contributed by atoms with Gasteiger partial charge in [0.05, 0.1) is 0 Å². The second kappa shape index (κ2) is 11.5. The fourth-order valence-electron chi connectivity index (χ4n) is 2.07. The second-order valence-electron chi connectivity index (χ2n) is 5.48. The molecule has 0 aromatic rings. The molecule has 0 atom stereocenters. The molecular weight excluding hydrogens is 331 g/mol. The fourth-order valence-corrected chi connectivity index (χ4v) is 2.59. The number of carbonyl (C=O) groups excluding carboxylic acids is 1. The summed E-state index contributed by atoms with van der Waals surface area (Å²) < 4.78 is 58.6. The van der Waals surface area contributed by atoms with E-state index in [1.165, 1.54) is 19.3 Å². The highest BCUT2D eigenvalue weighted by molar-refractivity contribution is 7.90. The molecule has 0 spiro atoms. The van der Waals surface area contributed by atoms with Crippen LogP contribution in [0, 0.1) is 0 Å². The van der Waals surface area contributed by atoms with Gasteiger partial charge in [0.25, 0.3) is 0 Å². The van der Waals surface area contributed by atoms with E-state index in [2.05, 4.69) is 6.58 Å². The molecule has 0 unspecified atom stereocenters. The van der Waals surface area contributed by atoms with Gasteiger partial charge < -0.3 is 0 Å². The van der Waals surface area contributed by atoms with Crippen molar-refractivity contribution in [2.75, 3.05) is 0 Å². The maximum atomic E-state index is 12.0. The highest BCUT2D eigenvalue weighted by Crippen LogP contribution is 2.21.